The van der Waals surface area contributed by atoms with Crippen LogP contribution in [0.2, 0.25) is 0 Å². The zero-order valence-electron chi connectivity index (χ0n) is 20.5. The fraction of sp³-hybridized carbons (Fsp3) is 0.519. The molecule has 0 bridgehead atoms. The van der Waals surface area contributed by atoms with Crippen LogP contribution >= 0.6 is 11.3 Å². The van der Waals surface area contributed by atoms with Crippen LogP contribution in [0.4, 0.5) is 0 Å². The summed E-state index contributed by atoms with van der Waals surface area (Å²) in [5.74, 6) is 2.30. The summed E-state index contributed by atoms with van der Waals surface area (Å²) < 4.78 is 5.44. The quantitative estimate of drug-likeness (QED) is 0.496. The lowest BCUT2D eigenvalue weighted by atomic mass is 9.95. The van der Waals surface area contributed by atoms with Gasteiger partial charge in [0.15, 0.2) is 0 Å². The van der Waals surface area contributed by atoms with E-state index in [-0.39, 0.29) is 11.8 Å². The van der Waals surface area contributed by atoms with Gasteiger partial charge in [0, 0.05) is 25.6 Å². The van der Waals surface area contributed by atoms with Crippen molar-refractivity contribution in [1.82, 2.24) is 25.3 Å². The summed E-state index contributed by atoms with van der Waals surface area (Å²) in [5.41, 5.74) is 2.51. The lowest BCUT2D eigenvalue weighted by Gasteiger charge is -2.31. The maximum absolute atomic E-state index is 12.8. The first-order chi connectivity index (χ1) is 17.1. The third kappa shape index (κ3) is 6.57. The van der Waals surface area contributed by atoms with Crippen LogP contribution in [0.3, 0.4) is 0 Å². The number of hydrogen-bond donors (Lipinski definition) is 1. The molecule has 186 valence electrons. The molecular weight excluding hydrogens is 458 g/mol. The van der Waals surface area contributed by atoms with Gasteiger partial charge < -0.3 is 9.84 Å². The van der Waals surface area contributed by atoms with Gasteiger partial charge in [-0.1, -0.05) is 42.4 Å². The predicted octanol–water partition coefficient (Wildman–Crippen LogP) is 4.56. The molecule has 1 atom stereocenters. The van der Waals surface area contributed by atoms with Crippen molar-refractivity contribution in [2.24, 2.45) is 11.8 Å². The summed E-state index contributed by atoms with van der Waals surface area (Å²) in [6, 6.07) is 12.7. The molecule has 0 aliphatic carbocycles. The molecule has 7 nitrogen and oxygen atoms in total. The minimum absolute atomic E-state index is 0.0636. The zero-order valence-corrected chi connectivity index (χ0v) is 21.3. The summed E-state index contributed by atoms with van der Waals surface area (Å²) in [7, 11) is 0. The van der Waals surface area contributed by atoms with Crippen molar-refractivity contribution in [3.8, 4) is 10.7 Å². The molecule has 0 saturated carbocycles. The van der Waals surface area contributed by atoms with Gasteiger partial charge in [0.1, 0.15) is 0 Å². The Morgan fingerprint density at radius 3 is 2.74 bits per heavy atom. The lowest BCUT2D eigenvalue weighted by Crippen LogP contribution is -2.40. The molecule has 1 N–H and O–H groups in total. The zero-order chi connectivity index (χ0) is 24.0. The maximum Gasteiger partial charge on any atom is 0.241 e. The Bertz CT molecular complexity index is 1090. The van der Waals surface area contributed by atoms with Crippen molar-refractivity contribution in [3.63, 3.8) is 0 Å². The molecule has 1 amide bonds. The predicted molar refractivity (Wildman–Crippen MR) is 138 cm³/mol. The van der Waals surface area contributed by atoms with E-state index in [1.807, 2.05) is 17.5 Å². The van der Waals surface area contributed by atoms with Crippen molar-refractivity contribution in [3.05, 3.63) is 58.8 Å². The Morgan fingerprint density at radius 2 is 1.94 bits per heavy atom. The third-order valence-corrected chi connectivity index (χ3v) is 8.00. The fourth-order valence-corrected chi connectivity index (χ4v) is 5.88. The number of likely N-dealkylation sites (tertiary alicyclic amines) is 2. The smallest absolute Gasteiger partial charge is 0.241 e. The Kier molecular flexibility index (Phi) is 7.91. The van der Waals surface area contributed by atoms with Gasteiger partial charge in [0.2, 0.25) is 17.6 Å². The van der Waals surface area contributed by atoms with Crippen LogP contribution in [0.25, 0.3) is 10.7 Å². The van der Waals surface area contributed by atoms with Crippen molar-refractivity contribution in [2.45, 2.75) is 52.2 Å². The number of piperidine rings is 2. The molecule has 2 aromatic heterocycles. The minimum atomic E-state index is 0.0636. The maximum atomic E-state index is 12.8. The topological polar surface area (TPSA) is 74.5 Å². The largest absolute Gasteiger partial charge is 0.352 e. The number of carbonyl (C=O) groups excluding carboxylic acids is 1. The van der Waals surface area contributed by atoms with E-state index in [1.54, 1.807) is 11.3 Å². The first kappa shape index (κ1) is 24.2. The first-order valence-electron chi connectivity index (χ1n) is 12.8. The Labute approximate surface area is 211 Å². The van der Waals surface area contributed by atoms with Crippen LogP contribution < -0.4 is 5.32 Å². The van der Waals surface area contributed by atoms with E-state index >= 15 is 0 Å². The minimum Gasteiger partial charge on any atom is -0.352 e. The van der Waals surface area contributed by atoms with Crippen molar-refractivity contribution >= 4 is 17.2 Å². The highest BCUT2D eigenvalue weighted by molar-refractivity contribution is 7.13. The van der Waals surface area contributed by atoms with Crippen LogP contribution in [-0.4, -0.2) is 52.0 Å². The molecule has 0 spiro atoms. The monoisotopic (exact) mass is 493 g/mol. The number of nitrogens with one attached hydrogen (secondary N) is 1. The van der Waals surface area contributed by atoms with Crippen molar-refractivity contribution < 1.29 is 9.32 Å². The van der Waals surface area contributed by atoms with Gasteiger partial charge in [-0.25, -0.2) is 0 Å². The second kappa shape index (κ2) is 11.5. The molecule has 1 unspecified atom stereocenters. The van der Waals surface area contributed by atoms with Crippen LogP contribution in [0.5, 0.6) is 0 Å². The Balaban J connectivity index is 1.05. The van der Waals surface area contributed by atoms with Crippen LogP contribution in [0.15, 0.2) is 46.3 Å². The molecule has 3 aromatic rings. The number of nitrogens with zero attached hydrogens (tertiary/aromatic N) is 4. The van der Waals surface area contributed by atoms with Gasteiger partial charge >= 0.3 is 0 Å². The molecule has 2 aliphatic rings. The van der Waals surface area contributed by atoms with Gasteiger partial charge in [0.25, 0.3) is 0 Å². The average Bonchev–Trinajstić information content (AvgIpc) is 3.56. The standard InChI is InChI=1S/C27H35N5O2S/c1-20-5-3-11-32(17-20)18-22-7-2-6-21(15-22)16-28-27(33)23-9-12-31(13-10-23)19-25-29-26(30-34-25)24-8-4-14-35-24/h2,4,6-8,14-15,20,23H,3,5,9-13,16-19H2,1H3,(H,28,33). The van der Waals surface area contributed by atoms with Gasteiger partial charge in [-0.05, 0) is 73.8 Å². The highest BCUT2D eigenvalue weighted by Gasteiger charge is 2.26. The second-order valence-corrected chi connectivity index (χ2v) is 11.0. The number of carbonyl (C=O) groups is 1. The van der Waals surface area contributed by atoms with Crippen molar-refractivity contribution in [2.75, 3.05) is 26.2 Å². The van der Waals surface area contributed by atoms with Crippen molar-refractivity contribution in [1.29, 1.82) is 0 Å². The number of thiophene rings is 1. The number of benzene rings is 1. The summed E-state index contributed by atoms with van der Waals surface area (Å²) >= 11 is 1.61. The Morgan fingerprint density at radius 1 is 1.09 bits per heavy atom. The van der Waals surface area contributed by atoms with E-state index in [0.717, 1.165) is 43.3 Å². The van der Waals surface area contributed by atoms with E-state index in [4.69, 9.17) is 4.52 Å². The van der Waals surface area contributed by atoms with Gasteiger partial charge in [-0.15, -0.1) is 11.3 Å². The van der Waals surface area contributed by atoms with E-state index in [0.29, 0.717) is 24.8 Å². The molecule has 4 heterocycles. The van der Waals surface area contributed by atoms with Crippen LogP contribution in [0, 0.1) is 11.8 Å². The molecule has 5 rings (SSSR count). The van der Waals surface area contributed by atoms with E-state index in [9.17, 15) is 4.79 Å². The molecular formula is C27H35N5O2S. The van der Waals surface area contributed by atoms with E-state index < -0.39 is 0 Å². The molecule has 0 radical (unpaired) electrons. The highest BCUT2D eigenvalue weighted by Crippen LogP contribution is 2.23. The molecule has 8 heteroatoms. The van der Waals surface area contributed by atoms with Gasteiger partial charge in [-0.2, -0.15) is 4.98 Å². The number of aromatic nitrogens is 2. The summed E-state index contributed by atoms with van der Waals surface area (Å²) in [6.07, 6.45) is 4.34. The third-order valence-electron chi connectivity index (χ3n) is 7.13. The summed E-state index contributed by atoms with van der Waals surface area (Å²) in [6.45, 7) is 8.66. The molecule has 35 heavy (non-hydrogen) atoms. The normalized spacial score (nSPS) is 20.2. The molecule has 2 fully saturated rings. The van der Waals surface area contributed by atoms with Crippen LogP contribution in [-0.2, 0) is 24.4 Å². The number of amides is 1. The molecule has 1 aromatic carbocycles. The van der Waals surface area contributed by atoms with E-state index in [2.05, 4.69) is 56.4 Å². The van der Waals surface area contributed by atoms with E-state index in [1.165, 1.54) is 37.1 Å². The fourth-order valence-electron chi connectivity index (χ4n) is 5.23. The first-order valence-corrected chi connectivity index (χ1v) is 13.7. The number of hydrogen-bond acceptors (Lipinski definition) is 7. The molecule has 2 aliphatic heterocycles. The SMILES string of the molecule is CC1CCCN(Cc2cccc(CNC(=O)C3CCN(Cc4nc(-c5cccs5)no4)CC3)c2)C1. The van der Waals surface area contributed by atoms with Crippen LogP contribution in [0.1, 0.15) is 49.6 Å². The van der Waals surface area contributed by atoms with Gasteiger partial charge in [-0.3, -0.25) is 14.6 Å². The number of rotatable bonds is 8. The Hall–Kier alpha value is -2.55. The summed E-state index contributed by atoms with van der Waals surface area (Å²) in [4.78, 5) is 23.2. The average molecular weight is 494 g/mol. The highest BCUT2D eigenvalue weighted by atomic mass is 32.1. The lowest BCUT2D eigenvalue weighted by molar-refractivity contribution is -0.126. The van der Waals surface area contributed by atoms with Gasteiger partial charge in [0.05, 0.1) is 11.4 Å². The second-order valence-electron chi connectivity index (χ2n) is 10.1. The summed E-state index contributed by atoms with van der Waals surface area (Å²) in [5, 5.41) is 9.28. The molecule has 2 saturated heterocycles.